The van der Waals surface area contributed by atoms with Crippen molar-refractivity contribution in [3.8, 4) is 33.6 Å². The molecule has 7 rings (SSSR count). The molecule has 0 aliphatic heterocycles. The van der Waals surface area contributed by atoms with Gasteiger partial charge >= 0.3 is 0 Å². The van der Waals surface area contributed by atoms with Crippen LogP contribution in [0.25, 0.3) is 61.1 Å². The van der Waals surface area contributed by atoms with E-state index in [0.29, 0.717) is 0 Å². The minimum Gasteiger partial charge on any atom is -0.354 e. The number of aromatic amines is 2. The number of anilines is 1. The number of nitrogens with one attached hydrogen (secondary N) is 3. The molecule has 0 radical (unpaired) electrons. The number of aromatic nitrogens is 5. The summed E-state index contributed by atoms with van der Waals surface area (Å²) in [6.45, 7) is 4.18. The highest BCUT2D eigenvalue weighted by atomic mass is 32.1. The van der Waals surface area contributed by atoms with Gasteiger partial charge < -0.3 is 10.3 Å². The monoisotopic (exact) mass is 510 g/mol. The van der Waals surface area contributed by atoms with Crippen LogP contribution in [0.4, 0.5) is 5.69 Å². The van der Waals surface area contributed by atoms with Crippen molar-refractivity contribution < 1.29 is 0 Å². The van der Waals surface area contributed by atoms with Gasteiger partial charge in [-0.2, -0.15) is 16.4 Å². The van der Waals surface area contributed by atoms with Gasteiger partial charge in [0.2, 0.25) is 0 Å². The zero-order valence-corrected chi connectivity index (χ0v) is 21.1. The Hall–Kier alpha value is -5.01. The zero-order chi connectivity index (χ0) is 25.5. The Bertz CT molecular complexity index is 1920. The molecule has 0 aliphatic carbocycles. The third-order valence-electron chi connectivity index (χ3n) is 6.68. The van der Waals surface area contributed by atoms with E-state index >= 15 is 0 Å². The Morgan fingerprint density at radius 2 is 1.68 bits per heavy atom. The number of hydrogen-bond donors (Lipinski definition) is 3. The van der Waals surface area contributed by atoms with Crippen molar-refractivity contribution in [2.75, 3.05) is 5.32 Å². The van der Waals surface area contributed by atoms with Crippen molar-refractivity contribution in [3.63, 3.8) is 0 Å². The van der Waals surface area contributed by atoms with Crippen LogP contribution in [0.5, 0.6) is 0 Å². The zero-order valence-electron chi connectivity index (χ0n) is 20.3. The van der Waals surface area contributed by atoms with Gasteiger partial charge in [-0.1, -0.05) is 43.0 Å². The van der Waals surface area contributed by atoms with E-state index < -0.39 is 0 Å². The Balaban J connectivity index is 1.25. The van der Waals surface area contributed by atoms with E-state index in [1.807, 2.05) is 55.1 Å². The summed E-state index contributed by atoms with van der Waals surface area (Å²) < 4.78 is 0. The highest BCUT2D eigenvalue weighted by Crippen LogP contribution is 2.35. The van der Waals surface area contributed by atoms with Crippen LogP contribution in [0.2, 0.25) is 0 Å². The molecule has 0 spiro atoms. The van der Waals surface area contributed by atoms with E-state index in [-0.39, 0.29) is 0 Å². The molecular weight excluding hydrogens is 488 g/mol. The van der Waals surface area contributed by atoms with Crippen LogP contribution in [-0.2, 0) is 0 Å². The highest BCUT2D eigenvalue weighted by molar-refractivity contribution is 7.08. The number of thiophene rings is 1. The van der Waals surface area contributed by atoms with Crippen LogP contribution in [0.15, 0.2) is 109 Å². The van der Waals surface area contributed by atoms with Gasteiger partial charge in [0.25, 0.3) is 0 Å². The lowest BCUT2D eigenvalue weighted by Crippen LogP contribution is -1.98. The van der Waals surface area contributed by atoms with E-state index in [9.17, 15) is 0 Å². The number of H-pyrrole nitrogens is 2. The first-order valence-electron chi connectivity index (χ1n) is 12.2. The number of rotatable bonds is 6. The molecule has 6 nitrogen and oxygen atoms in total. The number of benzene rings is 2. The standard InChI is InChI=1S/C31H22N6S/c1-19(20-5-3-2-4-6-20)34-24-11-23(14-32-15-24)21-7-8-28-26(12-21)31(37-36-28)29-13-25-27(22-9-10-38-18-22)16-33-17-30(25)35-29/h2-18,34-35H,1H2,(H,36,37). The Labute approximate surface area is 222 Å². The lowest BCUT2D eigenvalue weighted by atomic mass is 10.0. The number of pyridine rings is 2. The minimum atomic E-state index is 0.826. The fourth-order valence-electron chi connectivity index (χ4n) is 4.78. The summed E-state index contributed by atoms with van der Waals surface area (Å²) in [7, 11) is 0. The van der Waals surface area contributed by atoms with Gasteiger partial charge in [-0.05, 0) is 57.8 Å². The van der Waals surface area contributed by atoms with E-state index in [2.05, 4.69) is 84.2 Å². The number of hydrogen-bond acceptors (Lipinski definition) is 5. The predicted molar refractivity (Wildman–Crippen MR) is 157 cm³/mol. The van der Waals surface area contributed by atoms with Crippen LogP contribution in [-0.4, -0.2) is 25.1 Å². The summed E-state index contributed by atoms with van der Waals surface area (Å²) in [5.41, 5.74) is 10.9. The van der Waals surface area contributed by atoms with Crippen LogP contribution in [0.3, 0.4) is 0 Å². The average Bonchev–Trinajstić information content (AvgIpc) is 3.73. The summed E-state index contributed by atoms with van der Waals surface area (Å²) >= 11 is 1.68. The molecule has 2 aromatic carbocycles. The van der Waals surface area contributed by atoms with Gasteiger partial charge in [-0.3, -0.25) is 15.1 Å². The van der Waals surface area contributed by atoms with Crippen molar-refractivity contribution in [1.29, 1.82) is 0 Å². The first-order valence-corrected chi connectivity index (χ1v) is 13.1. The minimum absolute atomic E-state index is 0.826. The summed E-state index contributed by atoms with van der Waals surface area (Å²) in [4.78, 5) is 12.5. The molecule has 0 aliphatic rings. The fraction of sp³-hybridized carbons (Fsp3) is 0. The molecular formula is C31H22N6S. The summed E-state index contributed by atoms with van der Waals surface area (Å²) in [6, 6.07) is 22.7. The first kappa shape index (κ1) is 22.2. The molecule has 5 heterocycles. The third-order valence-corrected chi connectivity index (χ3v) is 7.37. The Kier molecular flexibility index (Phi) is 5.34. The molecule has 0 fully saturated rings. The second-order valence-corrected chi connectivity index (χ2v) is 9.89. The van der Waals surface area contributed by atoms with Crippen LogP contribution < -0.4 is 5.32 Å². The van der Waals surface area contributed by atoms with Crippen molar-refractivity contribution in [2.24, 2.45) is 0 Å². The molecule has 3 N–H and O–H groups in total. The largest absolute Gasteiger partial charge is 0.354 e. The molecule has 0 saturated heterocycles. The molecule has 38 heavy (non-hydrogen) atoms. The number of nitrogens with zero attached hydrogens (tertiary/aromatic N) is 3. The van der Waals surface area contributed by atoms with Crippen LogP contribution in [0, 0.1) is 0 Å². The summed E-state index contributed by atoms with van der Waals surface area (Å²) in [5.74, 6) is 0. The smallest absolute Gasteiger partial charge is 0.116 e. The van der Waals surface area contributed by atoms with Crippen molar-refractivity contribution >= 4 is 44.5 Å². The van der Waals surface area contributed by atoms with Gasteiger partial charge in [0.1, 0.15) is 5.69 Å². The van der Waals surface area contributed by atoms with Gasteiger partial charge in [0.15, 0.2) is 0 Å². The molecule has 7 aromatic rings. The molecule has 5 aromatic heterocycles. The normalized spacial score (nSPS) is 11.3. The van der Waals surface area contributed by atoms with E-state index in [1.165, 1.54) is 5.56 Å². The Morgan fingerprint density at radius 3 is 2.55 bits per heavy atom. The van der Waals surface area contributed by atoms with Gasteiger partial charge in [-0.25, -0.2) is 0 Å². The van der Waals surface area contributed by atoms with E-state index in [1.54, 1.807) is 11.3 Å². The van der Waals surface area contributed by atoms with E-state index in [0.717, 1.165) is 66.8 Å². The SMILES string of the molecule is C=C(Nc1cncc(-c2ccc3[nH]nc(-c4cc5c(-c6ccsc6)cncc5[nH]4)c3c2)c1)c1ccccc1. The topological polar surface area (TPSA) is 82.3 Å². The lowest BCUT2D eigenvalue weighted by molar-refractivity contribution is 1.12. The molecule has 0 amide bonds. The van der Waals surface area contributed by atoms with Crippen LogP contribution in [0.1, 0.15) is 5.56 Å². The number of fused-ring (bicyclic) bond motifs is 2. The molecule has 182 valence electrons. The van der Waals surface area contributed by atoms with Crippen molar-refractivity contribution in [1.82, 2.24) is 25.1 Å². The molecule has 0 atom stereocenters. The molecule has 7 heteroatoms. The summed E-state index contributed by atoms with van der Waals surface area (Å²) in [5, 5.41) is 17.6. The maximum absolute atomic E-state index is 4.66. The second kappa shape index (κ2) is 9.14. The van der Waals surface area contributed by atoms with E-state index in [4.69, 9.17) is 0 Å². The highest BCUT2D eigenvalue weighted by Gasteiger charge is 2.15. The summed E-state index contributed by atoms with van der Waals surface area (Å²) in [6.07, 6.45) is 7.47. The van der Waals surface area contributed by atoms with Gasteiger partial charge in [0, 0.05) is 40.0 Å². The van der Waals surface area contributed by atoms with Crippen molar-refractivity contribution in [3.05, 3.63) is 114 Å². The van der Waals surface area contributed by atoms with Crippen LogP contribution >= 0.6 is 11.3 Å². The van der Waals surface area contributed by atoms with Gasteiger partial charge in [0.05, 0.1) is 34.8 Å². The lowest BCUT2D eigenvalue weighted by Gasteiger charge is -2.11. The predicted octanol–water partition coefficient (Wildman–Crippen LogP) is 7.98. The average molecular weight is 511 g/mol. The second-order valence-electron chi connectivity index (χ2n) is 9.11. The molecule has 0 saturated carbocycles. The maximum Gasteiger partial charge on any atom is 0.116 e. The maximum atomic E-state index is 4.66. The quantitative estimate of drug-likeness (QED) is 0.212. The fourth-order valence-corrected chi connectivity index (χ4v) is 5.43. The first-order chi connectivity index (χ1) is 18.7. The molecule has 0 unspecified atom stereocenters. The Morgan fingerprint density at radius 1 is 0.789 bits per heavy atom. The van der Waals surface area contributed by atoms with Gasteiger partial charge in [-0.15, -0.1) is 0 Å². The third kappa shape index (κ3) is 3.95. The molecule has 0 bridgehead atoms. The van der Waals surface area contributed by atoms with Crippen molar-refractivity contribution in [2.45, 2.75) is 0 Å².